The second-order valence-corrected chi connectivity index (χ2v) is 4.86. The van der Waals surface area contributed by atoms with E-state index in [9.17, 15) is 14.0 Å². The van der Waals surface area contributed by atoms with Gasteiger partial charge in [-0.1, -0.05) is 12.1 Å². The Morgan fingerprint density at radius 3 is 2.58 bits per heavy atom. The van der Waals surface area contributed by atoms with Crippen molar-refractivity contribution in [3.63, 3.8) is 0 Å². The molecule has 0 bridgehead atoms. The van der Waals surface area contributed by atoms with Crippen molar-refractivity contribution in [3.8, 4) is 17.1 Å². The van der Waals surface area contributed by atoms with Gasteiger partial charge in [0, 0.05) is 5.39 Å². The van der Waals surface area contributed by atoms with Crippen LogP contribution in [-0.2, 0) is 4.74 Å². The number of primary amides is 1. The van der Waals surface area contributed by atoms with Gasteiger partial charge in [-0.15, -0.1) is 0 Å². The van der Waals surface area contributed by atoms with Crippen molar-refractivity contribution >= 4 is 23.0 Å². The highest BCUT2D eigenvalue weighted by Crippen LogP contribution is 2.37. The molecule has 0 saturated heterocycles. The molecule has 0 spiro atoms. The van der Waals surface area contributed by atoms with Crippen LogP contribution < -0.4 is 10.5 Å². The van der Waals surface area contributed by atoms with Gasteiger partial charge in [0.25, 0.3) is 0 Å². The summed E-state index contributed by atoms with van der Waals surface area (Å²) in [6.45, 7) is 0. The van der Waals surface area contributed by atoms with Crippen LogP contribution in [0, 0.1) is 5.82 Å². The summed E-state index contributed by atoms with van der Waals surface area (Å²) < 4.78 is 29.3. The lowest BCUT2D eigenvalue weighted by atomic mass is 10.0. The number of fused-ring (bicyclic) bond motifs is 1. The molecule has 2 aromatic carbocycles. The van der Waals surface area contributed by atoms with Gasteiger partial charge >= 0.3 is 12.1 Å². The average Bonchev–Trinajstić information content (AvgIpc) is 2.92. The zero-order valence-corrected chi connectivity index (χ0v) is 12.5. The van der Waals surface area contributed by atoms with Crippen LogP contribution in [0.15, 0.2) is 46.9 Å². The molecule has 1 heterocycles. The molecule has 122 valence electrons. The second kappa shape index (κ2) is 6.04. The van der Waals surface area contributed by atoms with Gasteiger partial charge in [0.05, 0.1) is 12.7 Å². The number of rotatable bonds is 3. The Kier molecular flexibility index (Phi) is 3.91. The zero-order chi connectivity index (χ0) is 17.3. The maximum atomic E-state index is 14.1. The van der Waals surface area contributed by atoms with E-state index in [1.807, 2.05) is 0 Å². The maximum absolute atomic E-state index is 14.1. The van der Waals surface area contributed by atoms with Crippen LogP contribution in [0.3, 0.4) is 0 Å². The molecule has 7 heteroatoms. The lowest BCUT2D eigenvalue weighted by molar-refractivity contribution is 0.0640. The molecule has 0 aliphatic carbocycles. The van der Waals surface area contributed by atoms with E-state index in [-0.39, 0.29) is 16.9 Å². The van der Waals surface area contributed by atoms with Gasteiger partial charge in [0.15, 0.2) is 5.76 Å². The van der Waals surface area contributed by atoms with Crippen molar-refractivity contribution in [2.45, 2.75) is 0 Å². The summed E-state index contributed by atoms with van der Waals surface area (Å²) in [5.41, 5.74) is 5.17. The van der Waals surface area contributed by atoms with Gasteiger partial charge in [-0.25, -0.2) is 14.0 Å². The van der Waals surface area contributed by atoms with E-state index in [1.165, 1.54) is 31.4 Å². The number of carbonyl (C=O) groups is 2. The molecule has 2 N–H and O–H groups in total. The molecule has 1 amide bonds. The molecule has 0 aliphatic rings. The molecule has 0 aliphatic heterocycles. The predicted octanol–water partition coefficient (Wildman–Crippen LogP) is 3.48. The molecule has 6 nitrogen and oxygen atoms in total. The van der Waals surface area contributed by atoms with Crippen LogP contribution in [0.1, 0.15) is 10.4 Å². The third-order valence-corrected chi connectivity index (χ3v) is 3.41. The first-order chi connectivity index (χ1) is 11.5. The fourth-order valence-electron chi connectivity index (χ4n) is 2.38. The predicted molar refractivity (Wildman–Crippen MR) is 83.2 cm³/mol. The van der Waals surface area contributed by atoms with Gasteiger partial charge in [0.2, 0.25) is 0 Å². The molecule has 0 fully saturated rings. The number of halogens is 1. The van der Waals surface area contributed by atoms with Crippen molar-refractivity contribution < 1.29 is 27.9 Å². The molecule has 3 rings (SSSR count). The Balaban J connectivity index is 2.30. The Bertz CT molecular complexity index is 947. The zero-order valence-electron chi connectivity index (χ0n) is 12.5. The first-order valence-electron chi connectivity index (χ1n) is 6.88. The number of methoxy groups -OCH3 is 1. The number of amides is 1. The Morgan fingerprint density at radius 1 is 1.17 bits per heavy atom. The average molecular weight is 329 g/mol. The number of hydrogen-bond acceptors (Lipinski definition) is 5. The van der Waals surface area contributed by atoms with Crippen molar-refractivity contribution in [3.05, 3.63) is 53.8 Å². The highest BCUT2D eigenvalue weighted by Gasteiger charge is 2.26. The molecule has 0 unspecified atom stereocenters. The number of furan rings is 1. The summed E-state index contributed by atoms with van der Waals surface area (Å²) in [5, 5.41) is 0.318. The summed E-state index contributed by atoms with van der Waals surface area (Å²) >= 11 is 0. The molecular weight excluding hydrogens is 317 g/mol. The number of carbonyl (C=O) groups excluding carboxylic acids is 2. The standard InChI is InChI=1S/C17H12FNO5/c1-22-9-6-7-13-11(8-9)14(16(20)24-17(19)21)15(23-13)10-4-2-3-5-12(10)18/h2-8H,1H3,(H2,19,21). The highest BCUT2D eigenvalue weighted by molar-refractivity contribution is 6.11. The molecule has 0 radical (unpaired) electrons. The van der Waals surface area contributed by atoms with Gasteiger partial charge in [-0.3, -0.25) is 0 Å². The Morgan fingerprint density at radius 2 is 1.92 bits per heavy atom. The minimum absolute atomic E-state index is 0.0531. The highest BCUT2D eigenvalue weighted by atomic mass is 19.1. The Hall–Kier alpha value is -3.35. The van der Waals surface area contributed by atoms with E-state index < -0.39 is 17.9 Å². The molecule has 24 heavy (non-hydrogen) atoms. The van der Waals surface area contributed by atoms with Gasteiger partial charge in [0.1, 0.15) is 22.7 Å². The Labute approximate surface area is 135 Å². The smallest absolute Gasteiger partial charge is 0.412 e. The van der Waals surface area contributed by atoms with E-state index in [2.05, 4.69) is 4.74 Å². The summed E-state index contributed by atoms with van der Waals surface area (Å²) in [6, 6.07) is 10.5. The lowest BCUT2D eigenvalue weighted by Crippen LogP contribution is -2.18. The summed E-state index contributed by atoms with van der Waals surface area (Å²) in [4.78, 5) is 23.2. The topological polar surface area (TPSA) is 91.8 Å². The lowest BCUT2D eigenvalue weighted by Gasteiger charge is -2.03. The number of benzene rings is 2. The SMILES string of the molecule is COc1ccc2oc(-c3ccccc3F)c(C(=O)OC(N)=O)c2c1. The van der Waals surface area contributed by atoms with Gasteiger partial charge in [-0.2, -0.15) is 0 Å². The number of hydrogen-bond donors (Lipinski definition) is 1. The molecule has 1 aromatic heterocycles. The monoisotopic (exact) mass is 329 g/mol. The number of esters is 1. The normalized spacial score (nSPS) is 10.6. The van der Waals surface area contributed by atoms with Crippen molar-refractivity contribution in [2.24, 2.45) is 5.73 Å². The summed E-state index contributed by atoms with van der Waals surface area (Å²) in [7, 11) is 1.46. The van der Waals surface area contributed by atoms with Crippen LogP contribution >= 0.6 is 0 Å². The quantitative estimate of drug-likeness (QED) is 0.586. The minimum Gasteiger partial charge on any atom is -0.497 e. The maximum Gasteiger partial charge on any atom is 0.412 e. The molecule has 0 atom stereocenters. The van der Waals surface area contributed by atoms with E-state index in [4.69, 9.17) is 14.9 Å². The fourth-order valence-corrected chi connectivity index (χ4v) is 2.38. The summed E-state index contributed by atoms with van der Waals surface area (Å²) in [5.74, 6) is -1.22. The molecular formula is C17H12FNO5. The third-order valence-electron chi connectivity index (χ3n) is 3.41. The summed E-state index contributed by atoms with van der Waals surface area (Å²) in [6.07, 6.45) is -1.27. The van der Waals surface area contributed by atoms with Crippen LogP contribution in [0.4, 0.5) is 9.18 Å². The number of ether oxygens (including phenoxy) is 2. The fraction of sp³-hybridized carbons (Fsp3) is 0.0588. The molecule has 0 saturated carbocycles. The van der Waals surface area contributed by atoms with Crippen LogP contribution in [0.2, 0.25) is 0 Å². The second-order valence-electron chi connectivity index (χ2n) is 4.86. The van der Waals surface area contributed by atoms with Crippen LogP contribution in [0.5, 0.6) is 5.75 Å². The third kappa shape index (κ3) is 2.67. The number of nitrogens with two attached hydrogens (primary N) is 1. The van der Waals surface area contributed by atoms with Gasteiger partial charge < -0.3 is 19.6 Å². The van der Waals surface area contributed by atoms with E-state index in [0.717, 1.165) is 0 Å². The van der Waals surface area contributed by atoms with Crippen LogP contribution in [-0.4, -0.2) is 19.2 Å². The largest absolute Gasteiger partial charge is 0.497 e. The molecule has 3 aromatic rings. The van der Waals surface area contributed by atoms with Crippen LogP contribution in [0.25, 0.3) is 22.3 Å². The first-order valence-corrected chi connectivity index (χ1v) is 6.88. The first kappa shape index (κ1) is 15.5. The van der Waals surface area contributed by atoms with E-state index in [0.29, 0.717) is 16.7 Å². The minimum atomic E-state index is -1.27. The van der Waals surface area contributed by atoms with Crippen molar-refractivity contribution in [1.29, 1.82) is 0 Å². The van der Waals surface area contributed by atoms with Crippen molar-refractivity contribution in [2.75, 3.05) is 7.11 Å². The van der Waals surface area contributed by atoms with E-state index >= 15 is 0 Å². The van der Waals surface area contributed by atoms with Crippen molar-refractivity contribution in [1.82, 2.24) is 0 Å². The van der Waals surface area contributed by atoms with Gasteiger partial charge in [-0.05, 0) is 30.3 Å². The van der Waals surface area contributed by atoms with E-state index in [1.54, 1.807) is 18.2 Å².